The van der Waals surface area contributed by atoms with E-state index < -0.39 is 12.1 Å². The van der Waals surface area contributed by atoms with E-state index in [1.54, 1.807) is 6.08 Å². The van der Waals surface area contributed by atoms with Crippen LogP contribution in [0.2, 0.25) is 0 Å². The van der Waals surface area contributed by atoms with Crippen LogP contribution in [-0.4, -0.2) is 34.9 Å². The molecule has 0 aromatic carbocycles. The Hall–Kier alpha value is -3.47. The third-order valence-electron chi connectivity index (χ3n) is 10.9. The normalized spacial score (nSPS) is 14.0. The molecule has 0 saturated carbocycles. The van der Waals surface area contributed by atoms with Crippen molar-refractivity contribution < 1.29 is 15.0 Å². The van der Waals surface area contributed by atoms with Crippen molar-refractivity contribution in [2.45, 2.75) is 225 Å². The zero-order valence-corrected chi connectivity index (χ0v) is 40.8. The van der Waals surface area contributed by atoms with E-state index in [1.807, 2.05) is 6.08 Å². The minimum Gasteiger partial charge on any atom is -0.394 e. The maximum Gasteiger partial charge on any atom is 0.220 e. The van der Waals surface area contributed by atoms with Gasteiger partial charge < -0.3 is 15.5 Å². The Kier molecular flexibility index (Phi) is 50.0. The molecule has 0 saturated heterocycles. The van der Waals surface area contributed by atoms with Crippen LogP contribution in [0, 0.1) is 0 Å². The highest BCUT2D eigenvalue weighted by atomic mass is 16.3. The van der Waals surface area contributed by atoms with Crippen LogP contribution in [0.3, 0.4) is 0 Å². The van der Waals surface area contributed by atoms with Crippen LogP contribution in [0.5, 0.6) is 0 Å². The lowest BCUT2D eigenvalue weighted by molar-refractivity contribution is -0.123. The molecule has 0 aliphatic rings. The summed E-state index contributed by atoms with van der Waals surface area (Å²) in [6, 6.07) is -0.639. The monoisotopic (exact) mass is 868 g/mol. The van der Waals surface area contributed by atoms with Crippen LogP contribution in [0.4, 0.5) is 0 Å². The Balaban J connectivity index is 3.68. The highest BCUT2D eigenvalue weighted by Gasteiger charge is 2.17. The molecule has 2 atom stereocenters. The van der Waals surface area contributed by atoms with Gasteiger partial charge in [0.1, 0.15) is 0 Å². The highest BCUT2D eigenvalue weighted by molar-refractivity contribution is 5.76. The summed E-state index contributed by atoms with van der Waals surface area (Å²) >= 11 is 0. The Morgan fingerprint density at radius 2 is 0.698 bits per heavy atom. The van der Waals surface area contributed by atoms with Gasteiger partial charge in [0.2, 0.25) is 5.91 Å². The smallest absolute Gasteiger partial charge is 0.220 e. The van der Waals surface area contributed by atoms with Crippen molar-refractivity contribution in [1.29, 1.82) is 0 Å². The second kappa shape index (κ2) is 52.9. The standard InChI is InChI=1S/C59H97NO3/c1-3-5-7-9-11-13-15-17-19-20-21-22-23-24-25-26-27-28-29-30-31-32-33-34-35-36-37-38-39-40-41-43-45-47-49-51-53-55-59(63)60-57(56-61)58(62)54-52-50-48-46-44-42-18-16-14-12-10-8-6-4-2/h5,7,11,13,17,19,21-22,24-25,27-28,30-31,33-34,36-37,39-40,52,54,57-58,61-62H,3-4,6,8-10,12,14-16,18,20,23,26,29,32,35,38,41-51,53,55-56H2,1-2H3,(H,60,63)/b7-5-,13-11-,19-17-,22-21-,25-24-,28-27-,31-30-,34-33-,37-36-,40-39-,54-52+. The summed E-state index contributed by atoms with van der Waals surface area (Å²) in [5, 5.41) is 23.0. The minimum absolute atomic E-state index is 0.0850. The molecule has 0 spiro atoms. The molecule has 0 rings (SSSR count). The van der Waals surface area contributed by atoms with E-state index >= 15 is 0 Å². The summed E-state index contributed by atoms with van der Waals surface area (Å²) in [6.07, 6.45) is 82.9. The summed E-state index contributed by atoms with van der Waals surface area (Å²) in [4.78, 5) is 12.4. The van der Waals surface area contributed by atoms with Crippen LogP contribution < -0.4 is 5.32 Å². The van der Waals surface area contributed by atoms with Crippen molar-refractivity contribution in [2.24, 2.45) is 0 Å². The SMILES string of the molecule is CC/C=C\C/C=C\C/C=C\C/C=C\C/C=C\C/C=C\C/C=C\C/C=C\C/C=C\C/C=C\CCCCCCCCC(=O)NC(CO)C(O)/C=C/CCCCCCCCCCCCCC. The van der Waals surface area contributed by atoms with Gasteiger partial charge in [-0.2, -0.15) is 0 Å². The van der Waals surface area contributed by atoms with Gasteiger partial charge in [0, 0.05) is 6.42 Å². The fraction of sp³-hybridized carbons (Fsp3) is 0.610. The van der Waals surface area contributed by atoms with Gasteiger partial charge in [-0.25, -0.2) is 0 Å². The van der Waals surface area contributed by atoms with Crippen molar-refractivity contribution in [3.05, 3.63) is 134 Å². The molecule has 0 aliphatic carbocycles. The molecular formula is C59H97NO3. The van der Waals surface area contributed by atoms with Gasteiger partial charge in [-0.1, -0.05) is 244 Å². The van der Waals surface area contributed by atoms with Gasteiger partial charge >= 0.3 is 0 Å². The number of aliphatic hydroxyl groups is 2. The highest BCUT2D eigenvalue weighted by Crippen LogP contribution is 2.13. The topological polar surface area (TPSA) is 69.6 Å². The van der Waals surface area contributed by atoms with Gasteiger partial charge in [-0.3, -0.25) is 4.79 Å². The van der Waals surface area contributed by atoms with Crippen LogP contribution >= 0.6 is 0 Å². The molecule has 3 N–H and O–H groups in total. The second-order valence-corrected chi connectivity index (χ2v) is 16.9. The van der Waals surface area contributed by atoms with Gasteiger partial charge in [-0.05, 0) is 96.3 Å². The summed E-state index contributed by atoms with van der Waals surface area (Å²) in [5.41, 5.74) is 0. The minimum atomic E-state index is -0.854. The molecule has 1 amide bonds. The number of unbranched alkanes of at least 4 members (excludes halogenated alkanes) is 18. The zero-order valence-electron chi connectivity index (χ0n) is 40.8. The lowest BCUT2D eigenvalue weighted by atomic mass is 10.0. The maximum atomic E-state index is 12.4. The molecule has 0 aromatic heterocycles. The third kappa shape index (κ3) is 49.4. The molecule has 0 fully saturated rings. The number of nitrogens with one attached hydrogen (secondary N) is 1. The van der Waals surface area contributed by atoms with Crippen molar-refractivity contribution >= 4 is 5.91 Å². The van der Waals surface area contributed by atoms with E-state index in [1.165, 1.54) is 89.9 Å². The number of hydrogen-bond acceptors (Lipinski definition) is 3. The molecule has 4 nitrogen and oxygen atoms in total. The number of aliphatic hydroxyl groups excluding tert-OH is 2. The molecule has 4 heteroatoms. The number of amides is 1. The van der Waals surface area contributed by atoms with E-state index in [0.29, 0.717) is 6.42 Å². The van der Waals surface area contributed by atoms with Crippen LogP contribution in [0.25, 0.3) is 0 Å². The van der Waals surface area contributed by atoms with Gasteiger partial charge in [0.15, 0.2) is 0 Å². The third-order valence-corrected chi connectivity index (χ3v) is 10.9. The Bertz CT molecular complexity index is 1310. The molecule has 0 radical (unpaired) electrons. The van der Waals surface area contributed by atoms with Crippen LogP contribution in [0.15, 0.2) is 134 Å². The average molecular weight is 868 g/mol. The fourth-order valence-electron chi connectivity index (χ4n) is 6.97. The summed E-state index contributed by atoms with van der Waals surface area (Å²) < 4.78 is 0. The second-order valence-electron chi connectivity index (χ2n) is 16.9. The first-order chi connectivity index (χ1) is 31.2. The van der Waals surface area contributed by atoms with Crippen LogP contribution in [-0.2, 0) is 4.79 Å². The Morgan fingerprint density at radius 1 is 0.397 bits per heavy atom. The number of rotatable bonds is 45. The largest absolute Gasteiger partial charge is 0.394 e. The first-order valence-electron chi connectivity index (χ1n) is 25.9. The lowest BCUT2D eigenvalue weighted by Crippen LogP contribution is -2.45. The molecule has 0 aliphatic heterocycles. The fourth-order valence-corrected chi connectivity index (χ4v) is 6.97. The molecule has 0 heterocycles. The van der Waals surface area contributed by atoms with Gasteiger partial charge in [0.25, 0.3) is 0 Å². The van der Waals surface area contributed by atoms with E-state index in [9.17, 15) is 15.0 Å². The molecular weight excluding hydrogens is 771 g/mol. The molecule has 63 heavy (non-hydrogen) atoms. The van der Waals surface area contributed by atoms with Crippen molar-refractivity contribution in [1.82, 2.24) is 5.32 Å². The molecule has 0 aromatic rings. The summed E-state index contributed by atoms with van der Waals surface area (Å²) in [7, 11) is 0. The van der Waals surface area contributed by atoms with Crippen molar-refractivity contribution in [2.75, 3.05) is 6.61 Å². The molecule has 0 bridgehead atoms. The molecule has 2 unspecified atom stereocenters. The van der Waals surface area contributed by atoms with E-state index in [0.717, 1.165) is 103 Å². The molecule has 356 valence electrons. The maximum absolute atomic E-state index is 12.4. The van der Waals surface area contributed by atoms with Crippen LogP contribution in [0.1, 0.15) is 213 Å². The van der Waals surface area contributed by atoms with Gasteiger partial charge in [0.05, 0.1) is 18.8 Å². The van der Waals surface area contributed by atoms with E-state index in [2.05, 4.69) is 141 Å². The Labute approximate surface area is 390 Å². The predicted octanol–water partition coefficient (Wildman–Crippen LogP) is 17.1. The first kappa shape index (κ1) is 59.5. The number of hydrogen-bond donors (Lipinski definition) is 3. The number of carbonyl (C=O) groups excluding carboxylic acids is 1. The van der Waals surface area contributed by atoms with Gasteiger partial charge in [-0.15, -0.1) is 0 Å². The van der Waals surface area contributed by atoms with E-state index in [4.69, 9.17) is 0 Å². The Morgan fingerprint density at radius 3 is 1.05 bits per heavy atom. The van der Waals surface area contributed by atoms with E-state index in [-0.39, 0.29) is 12.5 Å². The summed E-state index contributed by atoms with van der Waals surface area (Å²) in [5.74, 6) is -0.0850. The van der Waals surface area contributed by atoms with Crippen molar-refractivity contribution in [3.63, 3.8) is 0 Å². The first-order valence-corrected chi connectivity index (χ1v) is 25.9. The summed E-state index contributed by atoms with van der Waals surface area (Å²) in [6.45, 7) is 4.17. The average Bonchev–Trinajstić information content (AvgIpc) is 3.29. The predicted molar refractivity (Wildman–Crippen MR) is 280 cm³/mol. The quantitative estimate of drug-likeness (QED) is 0.0422. The lowest BCUT2D eigenvalue weighted by Gasteiger charge is -2.20. The number of carbonyl (C=O) groups is 1. The zero-order chi connectivity index (χ0) is 45.6. The number of allylic oxidation sites excluding steroid dienone is 21. The van der Waals surface area contributed by atoms with Crippen molar-refractivity contribution in [3.8, 4) is 0 Å².